The van der Waals surface area contributed by atoms with Gasteiger partial charge in [0, 0.05) is 6.04 Å². The van der Waals surface area contributed by atoms with E-state index in [1.165, 1.54) is 19.1 Å². The number of carbonyl (C=O) groups is 2. The van der Waals surface area contributed by atoms with Crippen molar-refractivity contribution >= 4 is 41.2 Å². The summed E-state index contributed by atoms with van der Waals surface area (Å²) in [6.07, 6.45) is 7.79. The van der Waals surface area contributed by atoms with Crippen LogP contribution in [-0.4, -0.2) is 24.1 Å². The van der Waals surface area contributed by atoms with Gasteiger partial charge in [0.1, 0.15) is 0 Å². The van der Waals surface area contributed by atoms with E-state index in [0.717, 1.165) is 25.7 Å². The molecule has 1 aromatic rings. The number of rotatable bonds is 3. The fraction of sp³-hybridized carbons (Fsp3) is 0.438. The van der Waals surface area contributed by atoms with E-state index in [1.54, 1.807) is 18.2 Å². The Morgan fingerprint density at radius 1 is 1.04 bits per heavy atom. The number of halogens is 2. The minimum absolute atomic E-state index is 0.0785. The van der Waals surface area contributed by atoms with Gasteiger partial charge in [-0.1, -0.05) is 55.0 Å². The summed E-state index contributed by atoms with van der Waals surface area (Å²) in [4.78, 5) is 23.6. The number of carbonyl (C=O) groups excluding carboxylic acids is 2. The predicted octanol–water partition coefficient (Wildman–Crippen LogP) is 3.28. The molecule has 0 bridgehead atoms. The molecule has 0 spiro atoms. The van der Waals surface area contributed by atoms with Gasteiger partial charge in [-0.3, -0.25) is 9.59 Å². The van der Waals surface area contributed by atoms with E-state index in [2.05, 4.69) is 15.8 Å². The van der Waals surface area contributed by atoms with Gasteiger partial charge in [-0.25, -0.2) is 5.43 Å². The Labute approximate surface area is 145 Å². The Kier molecular flexibility index (Phi) is 6.86. The highest BCUT2D eigenvalue weighted by Crippen LogP contribution is 2.21. The molecule has 0 atom stereocenters. The maximum absolute atomic E-state index is 11.8. The zero-order chi connectivity index (χ0) is 16.7. The lowest BCUT2D eigenvalue weighted by Crippen LogP contribution is -2.43. The zero-order valence-corrected chi connectivity index (χ0v) is 14.2. The molecule has 23 heavy (non-hydrogen) atoms. The van der Waals surface area contributed by atoms with Crippen LogP contribution in [0, 0.1) is 0 Å². The van der Waals surface area contributed by atoms with Crippen molar-refractivity contribution in [2.24, 2.45) is 5.10 Å². The third-order valence-corrected chi connectivity index (χ3v) is 4.46. The highest BCUT2D eigenvalue weighted by atomic mass is 35.5. The second kappa shape index (κ2) is 8.89. The fourth-order valence-electron chi connectivity index (χ4n) is 2.48. The minimum atomic E-state index is -0.773. The van der Waals surface area contributed by atoms with Crippen molar-refractivity contribution in [3.63, 3.8) is 0 Å². The van der Waals surface area contributed by atoms with Crippen molar-refractivity contribution in [2.45, 2.75) is 44.6 Å². The van der Waals surface area contributed by atoms with Crippen molar-refractivity contribution in [2.75, 3.05) is 0 Å². The van der Waals surface area contributed by atoms with Crippen molar-refractivity contribution in [3.8, 4) is 0 Å². The molecule has 1 aromatic carbocycles. The Morgan fingerprint density at radius 2 is 1.74 bits per heavy atom. The highest BCUT2D eigenvalue weighted by Gasteiger charge is 2.19. The molecule has 0 aromatic heterocycles. The molecule has 0 aliphatic heterocycles. The van der Waals surface area contributed by atoms with E-state index in [-0.39, 0.29) is 6.04 Å². The van der Waals surface area contributed by atoms with Crippen LogP contribution in [0.15, 0.2) is 23.3 Å². The number of nitrogens with one attached hydrogen (secondary N) is 2. The van der Waals surface area contributed by atoms with Gasteiger partial charge in [-0.15, -0.1) is 0 Å². The largest absolute Gasteiger partial charge is 0.345 e. The molecule has 0 saturated heterocycles. The first-order valence-corrected chi connectivity index (χ1v) is 8.41. The third kappa shape index (κ3) is 5.84. The smallest absolute Gasteiger partial charge is 0.329 e. The van der Waals surface area contributed by atoms with Crippen molar-refractivity contribution in [3.05, 3.63) is 33.8 Å². The molecule has 0 unspecified atom stereocenters. The zero-order valence-electron chi connectivity index (χ0n) is 12.6. The van der Waals surface area contributed by atoms with Crippen LogP contribution in [0.5, 0.6) is 0 Å². The van der Waals surface area contributed by atoms with Gasteiger partial charge in [0.2, 0.25) is 0 Å². The van der Waals surface area contributed by atoms with Crippen LogP contribution in [-0.2, 0) is 9.59 Å². The Hall–Kier alpha value is -1.59. The van der Waals surface area contributed by atoms with Gasteiger partial charge >= 0.3 is 11.8 Å². The summed E-state index contributed by atoms with van der Waals surface area (Å²) in [5.74, 6) is -1.42. The molecule has 1 saturated carbocycles. The Bertz CT molecular complexity index is 597. The standard InChI is InChI=1S/C16H19Cl2N3O2/c17-13-8-7-11(9-14(13)18)10-19-21-16(23)15(22)20-12-5-3-1-2-4-6-12/h7-10,12H,1-6H2,(H,20,22)(H,21,23)/b19-10-. The van der Waals surface area contributed by atoms with E-state index in [9.17, 15) is 9.59 Å². The number of hydrazone groups is 1. The number of nitrogens with zero attached hydrogens (tertiary/aromatic N) is 1. The van der Waals surface area contributed by atoms with Crippen LogP contribution in [0.1, 0.15) is 44.1 Å². The molecule has 124 valence electrons. The molecule has 0 heterocycles. The monoisotopic (exact) mass is 355 g/mol. The van der Waals surface area contributed by atoms with Gasteiger partial charge < -0.3 is 5.32 Å². The number of hydrogen-bond acceptors (Lipinski definition) is 3. The summed E-state index contributed by atoms with van der Waals surface area (Å²) < 4.78 is 0. The van der Waals surface area contributed by atoms with E-state index in [4.69, 9.17) is 23.2 Å². The lowest BCUT2D eigenvalue weighted by molar-refractivity contribution is -0.139. The van der Waals surface area contributed by atoms with Crippen molar-refractivity contribution in [1.82, 2.24) is 10.7 Å². The van der Waals surface area contributed by atoms with E-state index in [0.29, 0.717) is 15.6 Å². The van der Waals surface area contributed by atoms with Crippen molar-refractivity contribution < 1.29 is 9.59 Å². The summed E-state index contributed by atoms with van der Waals surface area (Å²) in [5.41, 5.74) is 2.88. The first-order valence-electron chi connectivity index (χ1n) is 7.65. The first-order chi connectivity index (χ1) is 11.1. The van der Waals surface area contributed by atoms with Gasteiger partial charge in [0.25, 0.3) is 0 Å². The molecule has 2 N–H and O–H groups in total. The Balaban J connectivity index is 1.82. The molecule has 2 amide bonds. The fourth-order valence-corrected chi connectivity index (χ4v) is 2.79. The summed E-state index contributed by atoms with van der Waals surface area (Å²) in [5, 5.41) is 7.36. The Morgan fingerprint density at radius 3 is 2.39 bits per heavy atom. The SMILES string of the molecule is O=C(N/N=C\c1ccc(Cl)c(Cl)c1)C(=O)NC1CCCCCC1. The lowest BCUT2D eigenvalue weighted by Gasteiger charge is -2.14. The van der Waals surface area contributed by atoms with Crippen LogP contribution < -0.4 is 10.7 Å². The summed E-state index contributed by atoms with van der Waals surface area (Å²) in [7, 11) is 0. The summed E-state index contributed by atoms with van der Waals surface area (Å²) in [6, 6.07) is 5.03. The minimum Gasteiger partial charge on any atom is -0.345 e. The van der Waals surface area contributed by atoms with E-state index in [1.807, 2.05) is 0 Å². The molecule has 1 aliphatic carbocycles. The molecule has 7 heteroatoms. The van der Waals surface area contributed by atoms with Crippen LogP contribution >= 0.6 is 23.2 Å². The second-order valence-corrected chi connectivity index (χ2v) is 6.35. The molecule has 1 fully saturated rings. The van der Waals surface area contributed by atoms with Gasteiger partial charge in [-0.05, 0) is 30.5 Å². The average molecular weight is 356 g/mol. The topological polar surface area (TPSA) is 70.6 Å². The quantitative estimate of drug-likeness (QED) is 0.378. The summed E-state index contributed by atoms with van der Waals surface area (Å²) in [6.45, 7) is 0. The van der Waals surface area contributed by atoms with E-state index < -0.39 is 11.8 Å². The molecule has 2 rings (SSSR count). The molecular formula is C16H19Cl2N3O2. The van der Waals surface area contributed by atoms with Gasteiger partial charge in [0.05, 0.1) is 16.3 Å². The maximum Gasteiger partial charge on any atom is 0.329 e. The predicted molar refractivity (Wildman–Crippen MR) is 91.8 cm³/mol. The maximum atomic E-state index is 11.8. The number of amides is 2. The van der Waals surface area contributed by atoms with Gasteiger partial charge in [0.15, 0.2) is 0 Å². The first kappa shape index (κ1) is 17.8. The normalized spacial score (nSPS) is 16.1. The molecular weight excluding hydrogens is 337 g/mol. The number of hydrogen-bond donors (Lipinski definition) is 2. The number of benzene rings is 1. The van der Waals surface area contributed by atoms with Gasteiger partial charge in [-0.2, -0.15) is 5.10 Å². The molecule has 1 aliphatic rings. The van der Waals surface area contributed by atoms with Crippen molar-refractivity contribution in [1.29, 1.82) is 0 Å². The molecule has 0 radical (unpaired) electrons. The second-order valence-electron chi connectivity index (χ2n) is 5.53. The molecule has 5 nitrogen and oxygen atoms in total. The van der Waals surface area contributed by atoms with Crippen LogP contribution in [0.2, 0.25) is 10.0 Å². The summed E-state index contributed by atoms with van der Waals surface area (Å²) >= 11 is 11.7. The third-order valence-electron chi connectivity index (χ3n) is 3.72. The van der Waals surface area contributed by atoms with Crippen LogP contribution in [0.25, 0.3) is 0 Å². The average Bonchev–Trinajstić information content (AvgIpc) is 2.79. The van der Waals surface area contributed by atoms with Crippen LogP contribution in [0.4, 0.5) is 0 Å². The lowest BCUT2D eigenvalue weighted by atomic mass is 10.1. The van der Waals surface area contributed by atoms with E-state index >= 15 is 0 Å². The highest BCUT2D eigenvalue weighted by molar-refractivity contribution is 6.42. The van der Waals surface area contributed by atoms with Crippen LogP contribution in [0.3, 0.4) is 0 Å².